The zero-order chi connectivity index (χ0) is 13.5. The van der Waals surface area contributed by atoms with Crippen molar-refractivity contribution in [3.63, 3.8) is 0 Å². The smallest absolute Gasteiger partial charge is 0.277 e. The first-order chi connectivity index (χ1) is 9.13. The highest BCUT2D eigenvalue weighted by atomic mass is 16.2. The predicted molar refractivity (Wildman–Crippen MR) is 72.0 cm³/mol. The molecule has 1 saturated carbocycles. The summed E-state index contributed by atoms with van der Waals surface area (Å²) < 4.78 is 0. The van der Waals surface area contributed by atoms with Gasteiger partial charge in [0.25, 0.3) is 5.91 Å². The van der Waals surface area contributed by atoms with Gasteiger partial charge in [0.05, 0.1) is 0 Å². The maximum Gasteiger partial charge on any atom is 0.352 e. The van der Waals surface area contributed by atoms with Crippen molar-refractivity contribution in [1.29, 1.82) is 0 Å². The summed E-state index contributed by atoms with van der Waals surface area (Å²) >= 11 is 0. The van der Waals surface area contributed by atoms with E-state index in [0.29, 0.717) is 0 Å². The predicted octanol–water partition coefficient (Wildman–Crippen LogP) is 2.77. The maximum atomic E-state index is 12.2. The lowest BCUT2D eigenvalue weighted by Gasteiger charge is -2.37. The molecule has 0 unspecified atom stereocenters. The molecule has 3 amide bonds. The van der Waals surface area contributed by atoms with Crippen LogP contribution >= 0.6 is 0 Å². The molecule has 2 fully saturated rings. The molecule has 4 nitrogen and oxygen atoms in total. The number of carbonyl (C=O) groups is 2. The molecule has 3 rings (SSSR count). The van der Waals surface area contributed by atoms with Crippen molar-refractivity contribution in [2.24, 2.45) is 0 Å². The van der Waals surface area contributed by atoms with Crippen LogP contribution in [-0.4, -0.2) is 17.5 Å². The van der Waals surface area contributed by atoms with Crippen LogP contribution in [0.5, 0.6) is 0 Å². The van der Waals surface area contributed by atoms with Gasteiger partial charge in [0.15, 0.2) is 0 Å². The van der Waals surface area contributed by atoms with E-state index in [2.05, 4.69) is 5.32 Å². The Balaban J connectivity index is 2.03. The second-order valence-corrected chi connectivity index (χ2v) is 5.46. The molecule has 0 N–H and O–H groups in total. The van der Waals surface area contributed by atoms with Gasteiger partial charge in [-0.05, 0) is 31.9 Å². The lowest BCUT2D eigenvalue weighted by atomic mass is 9.80. The average Bonchev–Trinajstić information content (AvgIpc) is 2.64. The molecule has 1 spiro atoms. The highest BCUT2D eigenvalue weighted by Crippen LogP contribution is 2.40. The fraction of sp³-hybridized carbons (Fsp3) is 0.467. The number of anilines is 1. The van der Waals surface area contributed by atoms with E-state index in [1.165, 1.54) is 0 Å². The minimum Gasteiger partial charge on any atom is -0.277 e. The van der Waals surface area contributed by atoms with Crippen molar-refractivity contribution in [2.45, 2.75) is 44.6 Å². The van der Waals surface area contributed by atoms with Crippen LogP contribution in [0.25, 0.3) is 0 Å². The van der Waals surface area contributed by atoms with Crippen molar-refractivity contribution in [3.05, 3.63) is 29.8 Å². The third-order valence-corrected chi connectivity index (χ3v) is 4.19. The molecule has 0 aromatic heterocycles. The number of imide groups is 1. The third-order valence-electron chi connectivity index (χ3n) is 4.19. The quantitative estimate of drug-likeness (QED) is 0.726. The Morgan fingerprint density at radius 3 is 2.32 bits per heavy atom. The van der Waals surface area contributed by atoms with Gasteiger partial charge in [0, 0.05) is 5.69 Å². The third kappa shape index (κ3) is 1.82. The van der Waals surface area contributed by atoms with Crippen LogP contribution in [0.4, 0.5) is 10.5 Å². The monoisotopic (exact) mass is 257 g/mol. The number of urea groups is 1. The Morgan fingerprint density at radius 1 is 1.05 bits per heavy atom. The number of hydrogen-bond donors (Lipinski definition) is 0. The minimum absolute atomic E-state index is 0.252. The van der Waals surface area contributed by atoms with Gasteiger partial charge in [0.1, 0.15) is 5.54 Å². The van der Waals surface area contributed by atoms with Crippen molar-refractivity contribution in [2.75, 3.05) is 4.90 Å². The van der Waals surface area contributed by atoms with Crippen LogP contribution in [0.2, 0.25) is 0 Å². The largest absolute Gasteiger partial charge is 0.352 e. The Hall–Kier alpha value is -1.84. The first-order valence-electron chi connectivity index (χ1n) is 6.80. The van der Waals surface area contributed by atoms with E-state index in [9.17, 15) is 9.59 Å². The summed E-state index contributed by atoms with van der Waals surface area (Å²) in [4.78, 5) is 25.9. The van der Waals surface area contributed by atoms with Crippen molar-refractivity contribution >= 4 is 17.6 Å². The fourth-order valence-corrected chi connectivity index (χ4v) is 3.15. The van der Waals surface area contributed by atoms with E-state index in [4.69, 9.17) is 0 Å². The highest BCUT2D eigenvalue weighted by molar-refractivity contribution is 6.16. The van der Waals surface area contributed by atoms with Crippen LogP contribution in [0, 0.1) is 6.92 Å². The molecule has 1 aromatic rings. The molecule has 1 aliphatic carbocycles. The van der Waals surface area contributed by atoms with Crippen LogP contribution in [0.1, 0.15) is 37.7 Å². The van der Waals surface area contributed by atoms with Crippen molar-refractivity contribution < 1.29 is 9.59 Å². The molecule has 1 radical (unpaired) electrons. The van der Waals surface area contributed by atoms with Gasteiger partial charge in [-0.15, -0.1) is 0 Å². The molecule has 1 aliphatic heterocycles. The zero-order valence-corrected chi connectivity index (χ0v) is 11.1. The fourth-order valence-electron chi connectivity index (χ4n) is 3.15. The van der Waals surface area contributed by atoms with E-state index < -0.39 is 11.6 Å². The van der Waals surface area contributed by atoms with Gasteiger partial charge in [-0.3, -0.25) is 9.69 Å². The Labute approximate surface area is 112 Å². The number of aryl methyl sites for hydroxylation is 1. The van der Waals surface area contributed by atoms with Gasteiger partial charge < -0.3 is 0 Å². The molecule has 99 valence electrons. The Morgan fingerprint density at radius 2 is 1.68 bits per heavy atom. The summed E-state index contributed by atoms with van der Waals surface area (Å²) in [5.74, 6) is -0.252. The van der Waals surface area contributed by atoms with E-state index in [-0.39, 0.29) is 5.91 Å². The molecular weight excluding hydrogens is 240 g/mol. The summed E-state index contributed by atoms with van der Waals surface area (Å²) in [6.45, 7) is 2.00. The molecule has 2 aliphatic rings. The second kappa shape index (κ2) is 4.37. The molecule has 4 heteroatoms. The number of rotatable bonds is 1. The number of amides is 3. The molecule has 1 aromatic carbocycles. The molecule has 0 bridgehead atoms. The zero-order valence-electron chi connectivity index (χ0n) is 11.1. The van der Waals surface area contributed by atoms with Gasteiger partial charge in [0.2, 0.25) is 0 Å². The van der Waals surface area contributed by atoms with Crippen molar-refractivity contribution in [3.8, 4) is 0 Å². The van der Waals surface area contributed by atoms with E-state index in [1.807, 2.05) is 31.2 Å². The second-order valence-electron chi connectivity index (χ2n) is 5.46. The standard InChI is InChI=1S/C15H17N2O2/c1-11-5-7-12(8-6-11)17-14(19)16-13(18)15(17)9-3-2-4-10-15/h5-8H,2-4,9-10H2,1H3. The number of carbonyl (C=O) groups excluding carboxylic acids is 2. The normalized spacial score (nSPS) is 21.8. The highest BCUT2D eigenvalue weighted by Gasteiger charge is 2.54. The van der Waals surface area contributed by atoms with Crippen LogP contribution in [-0.2, 0) is 4.79 Å². The van der Waals surface area contributed by atoms with E-state index in [1.54, 1.807) is 4.90 Å². The van der Waals surface area contributed by atoms with Crippen LogP contribution in [0.3, 0.4) is 0 Å². The molecule has 0 atom stereocenters. The molecular formula is C15H17N2O2. The summed E-state index contributed by atoms with van der Waals surface area (Å²) in [5, 5.41) is 3.69. The molecule has 19 heavy (non-hydrogen) atoms. The van der Waals surface area contributed by atoms with Gasteiger partial charge in [-0.2, -0.15) is 5.32 Å². The SMILES string of the molecule is Cc1ccc(N2C(=O)[N]C(=O)C23CCCCC3)cc1. The van der Waals surface area contributed by atoms with Crippen molar-refractivity contribution in [1.82, 2.24) is 5.32 Å². The topological polar surface area (TPSA) is 51.5 Å². The first-order valence-corrected chi connectivity index (χ1v) is 6.80. The average molecular weight is 257 g/mol. The molecule has 1 saturated heterocycles. The summed E-state index contributed by atoms with van der Waals surface area (Å²) in [7, 11) is 0. The summed E-state index contributed by atoms with van der Waals surface area (Å²) in [5.41, 5.74) is 1.22. The lowest BCUT2D eigenvalue weighted by molar-refractivity contribution is -0.124. The summed E-state index contributed by atoms with van der Waals surface area (Å²) in [6.07, 6.45) is 4.56. The van der Waals surface area contributed by atoms with Gasteiger partial charge in [-0.1, -0.05) is 37.0 Å². The Bertz CT molecular complexity index is 515. The summed E-state index contributed by atoms with van der Waals surface area (Å²) in [6, 6.07) is 7.31. The van der Waals surface area contributed by atoms with Crippen LogP contribution in [0.15, 0.2) is 24.3 Å². The van der Waals surface area contributed by atoms with Gasteiger partial charge >= 0.3 is 6.03 Å². The lowest BCUT2D eigenvalue weighted by Crippen LogP contribution is -2.51. The number of hydrogen-bond acceptors (Lipinski definition) is 2. The molecule has 1 heterocycles. The van der Waals surface area contributed by atoms with E-state index in [0.717, 1.165) is 43.4 Å². The number of benzene rings is 1. The first kappa shape index (κ1) is 12.2. The Kier molecular flexibility index (Phi) is 2.81. The number of nitrogens with zero attached hydrogens (tertiary/aromatic N) is 2. The van der Waals surface area contributed by atoms with E-state index >= 15 is 0 Å². The maximum absolute atomic E-state index is 12.2. The van der Waals surface area contributed by atoms with Gasteiger partial charge in [-0.25, -0.2) is 4.79 Å². The van der Waals surface area contributed by atoms with Crippen LogP contribution < -0.4 is 10.2 Å². The minimum atomic E-state index is -0.704.